The number of nitrogens with zero attached hydrogens (tertiary/aromatic N) is 2. The Morgan fingerprint density at radius 2 is 2.07 bits per heavy atom. The van der Waals surface area contributed by atoms with E-state index < -0.39 is 17.7 Å². The number of methoxy groups -OCH3 is 1. The number of hydrogen-bond donors (Lipinski definition) is 1. The third-order valence-corrected chi connectivity index (χ3v) is 5.06. The summed E-state index contributed by atoms with van der Waals surface area (Å²) in [4.78, 5) is 23.3. The van der Waals surface area contributed by atoms with E-state index in [0.29, 0.717) is 28.7 Å². The number of amidine groups is 1. The van der Waals surface area contributed by atoms with Gasteiger partial charge in [-0.3, -0.25) is 10.1 Å². The number of carbonyl (C=O) groups excluding carboxylic acids is 2. The molecule has 156 valence electrons. The molecule has 1 heterocycles. The summed E-state index contributed by atoms with van der Waals surface area (Å²) in [6.07, 6.45) is 4.28. The zero-order valence-corrected chi connectivity index (χ0v) is 17.3. The van der Waals surface area contributed by atoms with Gasteiger partial charge in [0, 0.05) is 22.4 Å². The lowest BCUT2D eigenvalue weighted by molar-refractivity contribution is -0.135. The highest BCUT2D eigenvalue weighted by Gasteiger charge is 2.25. The van der Waals surface area contributed by atoms with Gasteiger partial charge in [0.25, 0.3) is 5.91 Å². The molecular formula is C21H20FN3O4S. The van der Waals surface area contributed by atoms with Crippen LogP contribution in [0.25, 0.3) is 10.8 Å². The van der Waals surface area contributed by atoms with E-state index in [9.17, 15) is 14.0 Å². The Morgan fingerprint density at radius 1 is 1.30 bits per heavy atom. The number of ether oxygens (including phenoxy) is 2. The highest BCUT2D eigenvalue weighted by Crippen LogP contribution is 2.31. The summed E-state index contributed by atoms with van der Waals surface area (Å²) in [7, 11) is 1.22. The van der Waals surface area contributed by atoms with Crippen molar-refractivity contribution < 1.29 is 23.5 Å². The van der Waals surface area contributed by atoms with Crippen molar-refractivity contribution in [2.75, 3.05) is 13.7 Å². The first-order valence-electron chi connectivity index (χ1n) is 9.27. The molecule has 1 fully saturated rings. The molecule has 3 rings (SSSR count). The Balaban J connectivity index is 1.88. The van der Waals surface area contributed by atoms with Gasteiger partial charge in [0.05, 0.1) is 24.8 Å². The van der Waals surface area contributed by atoms with Gasteiger partial charge in [-0.05, 0) is 24.2 Å². The molecule has 1 amide bonds. The van der Waals surface area contributed by atoms with Crippen LogP contribution in [-0.2, 0) is 14.3 Å². The van der Waals surface area contributed by atoms with Crippen LogP contribution in [0.5, 0.6) is 5.75 Å². The second-order valence-electron chi connectivity index (χ2n) is 6.26. The van der Waals surface area contributed by atoms with Crippen molar-refractivity contribution in [2.45, 2.75) is 19.8 Å². The maximum absolute atomic E-state index is 14.5. The van der Waals surface area contributed by atoms with E-state index in [1.807, 2.05) is 6.07 Å². The molecule has 0 spiro atoms. The van der Waals surface area contributed by atoms with E-state index in [1.54, 1.807) is 18.2 Å². The zero-order valence-electron chi connectivity index (χ0n) is 16.5. The number of nitrogens with one attached hydrogen (secondary N) is 1. The molecule has 0 aromatic heterocycles. The highest BCUT2D eigenvalue weighted by atomic mass is 32.2. The molecule has 7 nitrogen and oxygen atoms in total. The molecule has 1 saturated heterocycles. The summed E-state index contributed by atoms with van der Waals surface area (Å²) in [5, 5.41) is 11.7. The van der Waals surface area contributed by atoms with Crippen LogP contribution in [0.15, 0.2) is 51.5 Å². The number of benzene rings is 2. The van der Waals surface area contributed by atoms with Gasteiger partial charge in [-0.25, -0.2) is 9.18 Å². The number of amides is 1. The Morgan fingerprint density at radius 3 is 2.80 bits per heavy atom. The summed E-state index contributed by atoms with van der Waals surface area (Å²) >= 11 is 0.955. The molecule has 1 N–H and O–H groups in total. The minimum atomic E-state index is -0.641. The number of fused-ring (bicyclic) bond motifs is 1. The van der Waals surface area contributed by atoms with Gasteiger partial charge in [0.15, 0.2) is 5.17 Å². The van der Waals surface area contributed by atoms with Crippen molar-refractivity contribution in [3.05, 3.63) is 52.7 Å². The minimum absolute atomic E-state index is 0.149. The molecule has 30 heavy (non-hydrogen) atoms. The predicted molar refractivity (Wildman–Crippen MR) is 115 cm³/mol. The largest absolute Gasteiger partial charge is 0.492 e. The van der Waals surface area contributed by atoms with Crippen LogP contribution in [0.1, 0.15) is 25.3 Å². The topological polar surface area (TPSA) is 89.4 Å². The van der Waals surface area contributed by atoms with Crippen LogP contribution in [0, 0.1) is 5.82 Å². The molecule has 2 aromatic carbocycles. The van der Waals surface area contributed by atoms with Crippen LogP contribution >= 0.6 is 11.8 Å². The lowest BCUT2D eigenvalue weighted by Crippen LogP contribution is -2.19. The normalized spacial score (nSPS) is 16.6. The molecule has 1 aliphatic heterocycles. The Hall–Kier alpha value is -3.20. The van der Waals surface area contributed by atoms with E-state index in [1.165, 1.54) is 19.4 Å². The smallest absolute Gasteiger partial charge is 0.331 e. The van der Waals surface area contributed by atoms with Gasteiger partial charge in [-0.1, -0.05) is 37.6 Å². The highest BCUT2D eigenvalue weighted by molar-refractivity contribution is 8.18. The Labute approximate surface area is 177 Å². The molecule has 2 aromatic rings. The molecule has 0 saturated carbocycles. The minimum Gasteiger partial charge on any atom is -0.492 e. The monoisotopic (exact) mass is 429 g/mol. The van der Waals surface area contributed by atoms with Crippen molar-refractivity contribution in [3.63, 3.8) is 0 Å². The molecule has 9 heteroatoms. The fourth-order valence-electron chi connectivity index (χ4n) is 2.68. The average Bonchev–Trinajstić information content (AvgIpc) is 3.09. The Bertz CT molecular complexity index is 1070. The summed E-state index contributed by atoms with van der Waals surface area (Å²) in [5.41, 5.74) is 0.436. The van der Waals surface area contributed by atoms with Crippen molar-refractivity contribution in [1.29, 1.82) is 0 Å². The maximum atomic E-state index is 14.5. The molecule has 1 aliphatic rings. The van der Waals surface area contributed by atoms with Crippen LogP contribution in [0.3, 0.4) is 0 Å². The quantitative estimate of drug-likeness (QED) is 0.238. The SMILES string of the molecule is CCCCOc1c(C=N/N=C2/NC(=O)/C(=C\C(=O)OC)S2)cc(F)c2ccccc12. The third-order valence-electron chi connectivity index (χ3n) is 4.16. The van der Waals surface area contributed by atoms with Gasteiger partial charge < -0.3 is 9.47 Å². The van der Waals surface area contributed by atoms with E-state index in [0.717, 1.165) is 30.7 Å². The van der Waals surface area contributed by atoms with E-state index in [4.69, 9.17) is 4.74 Å². The molecular weight excluding hydrogens is 409 g/mol. The standard InChI is InChI=1S/C21H20FN3O4S/c1-3-4-9-29-19-13(10-16(22)14-7-5-6-8-15(14)19)12-23-25-21-24-20(27)17(30-21)11-18(26)28-2/h5-8,10-12H,3-4,9H2,1-2H3,(H,24,25,27)/b17-11+,23-12?. The summed E-state index contributed by atoms with van der Waals surface area (Å²) in [5.74, 6) is -0.981. The Kier molecular flexibility index (Phi) is 7.18. The van der Waals surface area contributed by atoms with Gasteiger partial charge in [0.2, 0.25) is 0 Å². The fraction of sp³-hybridized carbons (Fsp3) is 0.238. The lowest BCUT2D eigenvalue weighted by atomic mass is 10.0. The van der Waals surface area contributed by atoms with Crippen LogP contribution in [-0.4, -0.2) is 37.0 Å². The predicted octanol–water partition coefficient (Wildman–Crippen LogP) is 3.77. The number of thioether (sulfide) groups is 1. The number of rotatable bonds is 7. The van der Waals surface area contributed by atoms with Gasteiger partial charge in [0.1, 0.15) is 11.6 Å². The lowest BCUT2D eigenvalue weighted by Gasteiger charge is -2.12. The van der Waals surface area contributed by atoms with E-state index >= 15 is 0 Å². The van der Waals surface area contributed by atoms with Crippen molar-refractivity contribution in [2.24, 2.45) is 10.2 Å². The number of halogens is 1. The first kappa shape index (κ1) is 21.5. The first-order valence-corrected chi connectivity index (χ1v) is 10.1. The summed E-state index contributed by atoms with van der Waals surface area (Å²) in [6.45, 7) is 2.55. The first-order chi connectivity index (χ1) is 14.5. The van der Waals surface area contributed by atoms with Crippen LogP contribution < -0.4 is 10.1 Å². The number of carbonyl (C=O) groups is 2. The second-order valence-corrected chi connectivity index (χ2v) is 7.29. The van der Waals surface area contributed by atoms with E-state index in [2.05, 4.69) is 27.2 Å². The van der Waals surface area contributed by atoms with Crippen molar-refractivity contribution >= 4 is 45.8 Å². The summed E-state index contributed by atoms with van der Waals surface area (Å²) in [6, 6.07) is 8.41. The second kappa shape index (κ2) is 10.0. The number of esters is 1. The molecule has 0 bridgehead atoms. The third kappa shape index (κ3) is 5.04. The van der Waals surface area contributed by atoms with Gasteiger partial charge >= 0.3 is 5.97 Å². The summed E-state index contributed by atoms with van der Waals surface area (Å²) < 4.78 is 25.0. The average molecular weight is 429 g/mol. The van der Waals surface area contributed by atoms with Gasteiger partial charge in [-0.2, -0.15) is 5.10 Å². The molecule has 0 aliphatic carbocycles. The van der Waals surface area contributed by atoms with Gasteiger partial charge in [-0.15, -0.1) is 5.10 Å². The van der Waals surface area contributed by atoms with Crippen molar-refractivity contribution in [3.8, 4) is 5.75 Å². The van der Waals surface area contributed by atoms with Crippen LogP contribution in [0.2, 0.25) is 0 Å². The maximum Gasteiger partial charge on any atom is 0.331 e. The molecule has 0 atom stereocenters. The molecule has 0 unspecified atom stereocenters. The van der Waals surface area contributed by atoms with Crippen LogP contribution in [0.4, 0.5) is 4.39 Å². The van der Waals surface area contributed by atoms with Crippen molar-refractivity contribution in [1.82, 2.24) is 5.32 Å². The van der Waals surface area contributed by atoms with E-state index in [-0.39, 0.29) is 10.1 Å². The number of hydrogen-bond acceptors (Lipinski definition) is 7. The fourth-order valence-corrected chi connectivity index (χ4v) is 3.42. The zero-order chi connectivity index (χ0) is 21.5. The number of unbranched alkanes of at least 4 members (excludes halogenated alkanes) is 1. The molecule has 0 radical (unpaired) electrons.